The Morgan fingerprint density at radius 1 is 1.64 bits per heavy atom. The number of aldehydes is 1. The normalized spacial score (nSPS) is 10.6. The van der Waals surface area contributed by atoms with Gasteiger partial charge in [-0.05, 0) is 11.8 Å². The molecule has 0 atom stereocenters. The first-order valence-electron chi connectivity index (χ1n) is 4.18. The van der Waals surface area contributed by atoms with E-state index in [2.05, 4.69) is 16.9 Å². The van der Waals surface area contributed by atoms with Crippen molar-refractivity contribution in [2.24, 2.45) is 0 Å². The third kappa shape index (κ3) is 1.78. The Labute approximate surface area is 89.6 Å². The van der Waals surface area contributed by atoms with Gasteiger partial charge in [0.2, 0.25) is 0 Å². The maximum Gasteiger partial charge on any atom is 0.188 e. The highest BCUT2D eigenvalue weighted by Gasteiger charge is 2.04. The van der Waals surface area contributed by atoms with Crippen LogP contribution in [-0.2, 0) is 0 Å². The molecule has 0 aliphatic rings. The van der Waals surface area contributed by atoms with Crippen molar-refractivity contribution in [2.45, 2.75) is 12.1 Å². The fourth-order valence-corrected chi connectivity index (χ4v) is 2.51. The first kappa shape index (κ1) is 9.61. The highest BCUT2D eigenvalue weighted by atomic mass is 32.2. The van der Waals surface area contributed by atoms with Gasteiger partial charge in [0.1, 0.15) is 4.83 Å². The van der Waals surface area contributed by atoms with Gasteiger partial charge in [-0.25, -0.2) is 9.97 Å². The lowest BCUT2D eigenvalue weighted by Crippen LogP contribution is -1.84. The number of hydrogen-bond donors (Lipinski definition) is 0. The predicted octanol–water partition coefficient (Wildman–Crippen LogP) is 2.62. The molecule has 2 aromatic heterocycles. The second-order valence-corrected chi connectivity index (χ2v) is 4.91. The summed E-state index contributed by atoms with van der Waals surface area (Å²) in [5.41, 5.74) is 0. The highest BCUT2D eigenvalue weighted by Crippen LogP contribution is 2.24. The van der Waals surface area contributed by atoms with E-state index in [1.807, 2.05) is 6.07 Å². The molecule has 5 heteroatoms. The SMILES string of the molecule is CCSc1ncc2cc(C=O)sc2n1. The number of nitrogens with zero attached hydrogens (tertiary/aromatic N) is 2. The van der Waals surface area contributed by atoms with E-state index < -0.39 is 0 Å². The largest absolute Gasteiger partial charge is 0.297 e. The molecule has 0 radical (unpaired) electrons. The minimum absolute atomic E-state index is 0.702. The molecule has 14 heavy (non-hydrogen) atoms. The van der Waals surface area contributed by atoms with Crippen molar-refractivity contribution in [3.63, 3.8) is 0 Å². The summed E-state index contributed by atoms with van der Waals surface area (Å²) in [6.45, 7) is 2.06. The number of hydrogen-bond acceptors (Lipinski definition) is 5. The van der Waals surface area contributed by atoms with Crippen LogP contribution in [0.3, 0.4) is 0 Å². The Morgan fingerprint density at radius 3 is 3.21 bits per heavy atom. The third-order valence-corrected chi connectivity index (χ3v) is 3.37. The molecule has 0 N–H and O–H groups in total. The molecule has 0 aromatic carbocycles. The van der Waals surface area contributed by atoms with Crippen LogP contribution in [0.5, 0.6) is 0 Å². The molecule has 0 saturated heterocycles. The molecule has 2 heterocycles. The summed E-state index contributed by atoms with van der Waals surface area (Å²) >= 11 is 3.01. The first-order valence-corrected chi connectivity index (χ1v) is 5.98. The second kappa shape index (κ2) is 4.06. The molecule has 0 saturated carbocycles. The van der Waals surface area contributed by atoms with Crippen LogP contribution in [0.2, 0.25) is 0 Å². The topological polar surface area (TPSA) is 42.9 Å². The van der Waals surface area contributed by atoms with Gasteiger partial charge in [-0.15, -0.1) is 11.3 Å². The number of rotatable bonds is 3. The smallest absolute Gasteiger partial charge is 0.188 e. The van der Waals surface area contributed by atoms with Gasteiger partial charge in [-0.3, -0.25) is 4.79 Å². The fraction of sp³-hybridized carbons (Fsp3) is 0.222. The maximum atomic E-state index is 10.5. The van der Waals surface area contributed by atoms with Crippen molar-refractivity contribution >= 4 is 39.6 Å². The number of fused-ring (bicyclic) bond motifs is 1. The molecule has 0 aliphatic carbocycles. The van der Waals surface area contributed by atoms with Gasteiger partial charge in [0.15, 0.2) is 11.4 Å². The Kier molecular flexibility index (Phi) is 2.79. The van der Waals surface area contributed by atoms with Crippen molar-refractivity contribution in [1.29, 1.82) is 0 Å². The van der Waals surface area contributed by atoms with Crippen molar-refractivity contribution in [1.82, 2.24) is 9.97 Å². The molecular formula is C9H8N2OS2. The molecular weight excluding hydrogens is 216 g/mol. The molecule has 0 bridgehead atoms. The van der Waals surface area contributed by atoms with Gasteiger partial charge in [0.05, 0.1) is 4.88 Å². The highest BCUT2D eigenvalue weighted by molar-refractivity contribution is 7.99. The molecule has 0 aliphatic heterocycles. The summed E-state index contributed by atoms with van der Waals surface area (Å²) in [7, 11) is 0. The van der Waals surface area contributed by atoms with Crippen LogP contribution < -0.4 is 0 Å². The lowest BCUT2D eigenvalue weighted by Gasteiger charge is -1.94. The molecule has 0 unspecified atom stereocenters. The van der Waals surface area contributed by atoms with E-state index >= 15 is 0 Å². The van der Waals surface area contributed by atoms with Crippen molar-refractivity contribution in [3.05, 3.63) is 17.1 Å². The van der Waals surface area contributed by atoms with Crippen LogP contribution in [0.4, 0.5) is 0 Å². The van der Waals surface area contributed by atoms with E-state index in [9.17, 15) is 4.79 Å². The summed E-state index contributed by atoms with van der Waals surface area (Å²) in [6, 6.07) is 1.81. The van der Waals surface area contributed by atoms with Crippen molar-refractivity contribution in [3.8, 4) is 0 Å². The van der Waals surface area contributed by atoms with Gasteiger partial charge in [-0.2, -0.15) is 0 Å². The summed E-state index contributed by atoms with van der Waals surface area (Å²) < 4.78 is 0. The predicted molar refractivity (Wildman–Crippen MR) is 59.2 cm³/mol. The third-order valence-electron chi connectivity index (χ3n) is 1.66. The standard InChI is InChI=1S/C9H8N2OS2/c1-2-13-9-10-4-6-3-7(5-12)14-8(6)11-9/h3-5H,2H2,1H3. The number of carbonyl (C=O) groups is 1. The van der Waals surface area contributed by atoms with E-state index in [0.29, 0.717) is 4.88 Å². The number of thioether (sulfide) groups is 1. The van der Waals surface area contributed by atoms with Crippen molar-refractivity contribution in [2.75, 3.05) is 5.75 Å². The fourth-order valence-electron chi connectivity index (χ4n) is 1.09. The zero-order valence-electron chi connectivity index (χ0n) is 7.56. The average Bonchev–Trinajstić information content (AvgIpc) is 2.60. The van der Waals surface area contributed by atoms with Gasteiger partial charge in [0.25, 0.3) is 0 Å². The van der Waals surface area contributed by atoms with Gasteiger partial charge < -0.3 is 0 Å². The number of aromatic nitrogens is 2. The molecule has 0 amide bonds. The zero-order chi connectivity index (χ0) is 9.97. The van der Waals surface area contributed by atoms with E-state index in [-0.39, 0.29) is 0 Å². The minimum Gasteiger partial charge on any atom is -0.297 e. The Hall–Kier alpha value is -0.940. The Bertz CT molecular complexity index is 467. The molecule has 0 fully saturated rings. The lowest BCUT2D eigenvalue weighted by atomic mass is 10.4. The lowest BCUT2D eigenvalue weighted by molar-refractivity contribution is 0.112. The monoisotopic (exact) mass is 224 g/mol. The van der Waals surface area contributed by atoms with Crippen LogP contribution in [0.1, 0.15) is 16.6 Å². The zero-order valence-corrected chi connectivity index (χ0v) is 9.19. The average molecular weight is 224 g/mol. The summed E-state index contributed by atoms with van der Waals surface area (Å²) in [5.74, 6) is 0.956. The van der Waals surface area contributed by atoms with Crippen LogP contribution in [-0.4, -0.2) is 22.0 Å². The number of carbonyl (C=O) groups excluding carboxylic acids is 1. The second-order valence-electron chi connectivity index (χ2n) is 2.61. The van der Waals surface area contributed by atoms with E-state index in [1.165, 1.54) is 11.3 Å². The van der Waals surface area contributed by atoms with Crippen molar-refractivity contribution < 1.29 is 4.79 Å². The maximum absolute atomic E-state index is 10.5. The molecule has 0 spiro atoms. The van der Waals surface area contributed by atoms with Gasteiger partial charge in [0, 0.05) is 11.6 Å². The van der Waals surface area contributed by atoms with E-state index in [0.717, 1.165) is 27.4 Å². The minimum atomic E-state index is 0.702. The van der Waals surface area contributed by atoms with Crippen LogP contribution in [0.15, 0.2) is 17.4 Å². The molecule has 72 valence electrons. The number of thiophene rings is 1. The van der Waals surface area contributed by atoms with E-state index in [4.69, 9.17) is 0 Å². The van der Waals surface area contributed by atoms with Crippen LogP contribution in [0.25, 0.3) is 10.2 Å². The first-order chi connectivity index (χ1) is 6.83. The molecule has 2 rings (SSSR count). The summed E-state index contributed by atoms with van der Waals surface area (Å²) in [5, 5.41) is 1.72. The Morgan fingerprint density at radius 2 is 2.50 bits per heavy atom. The van der Waals surface area contributed by atoms with Gasteiger partial charge in [-0.1, -0.05) is 18.7 Å². The van der Waals surface area contributed by atoms with E-state index in [1.54, 1.807) is 18.0 Å². The van der Waals surface area contributed by atoms with Gasteiger partial charge >= 0.3 is 0 Å². The quantitative estimate of drug-likeness (QED) is 0.456. The molecule has 2 aromatic rings. The molecule has 3 nitrogen and oxygen atoms in total. The summed E-state index contributed by atoms with van der Waals surface area (Å²) in [4.78, 5) is 20.7. The van der Waals surface area contributed by atoms with Crippen LogP contribution in [0, 0.1) is 0 Å². The Balaban J connectivity index is 2.48. The summed E-state index contributed by atoms with van der Waals surface area (Å²) in [6.07, 6.45) is 2.61. The van der Waals surface area contributed by atoms with Crippen LogP contribution >= 0.6 is 23.1 Å².